The summed E-state index contributed by atoms with van der Waals surface area (Å²) in [4.78, 5) is 22.8. The first kappa shape index (κ1) is 15.3. The molecule has 0 unspecified atom stereocenters. The van der Waals surface area contributed by atoms with Gasteiger partial charge in [0, 0.05) is 42.5 Å². The maximum atomic E-state index is 11.3. The number of nitrogens with zero attached hydrogens (tertiary/aromatic N) is 4. The minimum atomic E-state index is -0.404. The van der Waals surface area contributed by atoms with E-state index in [1.807, 2.05) is 19.3 Å². The van der Waals surface area contributed by atoms with Crippen molar-refractivity contribution in [1.82, 2.24) is 19.5 Å². The Labute approximate surface area is 147 Å². The fourth-order valence-corrected chi connectivity index (χ4v) is 2.87. The van der Waals surface area contributed by atoms with Crippen molar-refractivity contribution in [3.05, 3.63) is 64.2 Å². The van der Waals surface area contributed by atoms with E-state index in [4.69, 9.17) is 11.6 Å². The average molecular weight is 354 g/mol. The lowest BCUT2D eigenvalue weighted by atomic mass is 10.1. The molecule has 0 radical (unpaired) electrons. The molecule has 0 spiro atoms. The number of hydrogen-bond donors (Lipinski definition) is 1. The molecular formula is C17H12ClN5O2. The molecule has 0 aliphatic heterocycles. The van der Waals surface area contributed by atoms with Crippen LogP contribution < -0.4 is 0 Å². The summed E-state index contributed by atoms with van der Waals surface area (Å²) in [6.45, 7) is 0. The molecule has 25 heavy (non-hydrogen) atoms. The Kier molecular flexibility index (Phi) is 3.51. The zero-order chi connectivity index (χ0) is 17.6. The van der Waals surface area contributed by atoms with E-state index in [1.165, 1.54) is 12.1 Å². The van der Waals surface area contributed by atoms with Crippen molar-refractivity contribution in [2.45, 2.75) is 0 Å². The molecule has 1 N–H and O–H groups in total. The summed E-state index contributed by atoms with van der Waals surface area (Å²) in [6, 6.07) is 8.45. The van der Waals surface area contributed by atoms with Crippen LogP contribution in [0.25, 0.3) is 33.5 Å². The van der Waals surface area contributed by atoms with E-state index in [-0.39, 0.29) is 5.69 Å². The average Bonchev–Trinajstić information content (AvgIpc) is 3.20. The van der Waals surface area contributed by atoms with Gasteiger partial charge in [-0.05, 0) is 18.2 Å². The van der Waals surface area contributed by atoms with Gasteiger partial charge in [-0.25, -0.2) is 4.98 Å². The predicted molar refractivity (Wildman–Crippen MR) is 95.4 cm³/mol. The zero-order valence-corrected chi connectivity index (χ0v) is 13.9. The largest absolute Gasteiger partial charge is 0.353 e. The highest BCUT2D eigenvalue weighted by Gasteiger charge is 2.17. The van der Waals surface area contributed by atoms with Gasteiger partial charge in [0.1, 0.15) is 0 Å². The number of hydrogen-bond acceptors (Lipinski definition) is 4. The predicted octanol–water partition coefficient (Wildman–Crippen LogP) is 4.19. The fourth-order valence-electron chi connectivity index (χ4n) is 2.76. The highest BCUT2D eigenvalue weighted by molar-refractivity contribution is 6.30. The number of rotatable bonds is 3. The maximum absolute atomic E-state index is 11.3. The zero-order valence-electron chi connectivity index (χ0n) is 13.1. The molecule has 3 aromatic heterocycles. The van der Waals surface area contributed by atoms with E-state index >= 15 is 0 Å². The molecule has 0 saturated carbocycles. The van der Waals surface area contributed by atoms with E-state index in [0.717, 1.165) is 16.6 Å². The Balaban J connectivity index is 1.96. The van der Waals surface area contributed by atoms with E-state index < -0.39 is 4.92 Å². The summed E-state index contributed by atoms with van der Waals surface area (Å²) in [7, 11) is 1.85. The van der Waals surface area contributed by atoms with Gasteiger partial charge in [0.25, 0.3) is 5.69 Å². The SMILES string of the molecule is Cn1cnc(-c2cc([N+](=O)[O-])cc3cc(-c4ccc(Cl)cn4)[nH]c23)c1. The van der Waals surface area contributed by atoms with Crippen LogP contribution in [0.1, 0.15) is 0 Å². The van der Waals surface area contributed by atoms with Crippen LogP contribution in [0.15, 0.2) is 49.1 Å². The number of nitrogens with one attached hydrogen (secondary N) is 1. The minimum absolute atomic E-state index is 0.0165. The molecule has 0 saturated heterocycles. The van der Waals surface area contributed by atoms with Gasteiger partial charge in [0.2, 0.25) is 0 Å². The first-order valence-corrected chi connectivity index (χ1v) is 7.80. The molecule has 4 aromatic rings. The molecule has 0 aliphatic carbocycles. The van der Waals surface area contributed by atoms with Crippen molar-refractivity contribution in [1.29, 1.82) is 0 Å². The van der Waals surface area contributed by atoms with Gasteiger partial charge in [0.05, 0.1) is 38.9 Å². The molecule has 4 rings (SSSR count). The van der Waals surface area contributed by atoms with Gasteiger partial charge in [-0.2, -0.15) is 0 Å². The quantitative estimate of drug-likeness (QED) is 0.441. The third kappa shape index (κ3) is 2.74. The standard InChI is InChI=1S/C17H12ClN5O2/c1-22-8-16(20-9-22)13-6-12(23(24)25)4-10-5-15(21-17(10)13)14-3-2-11(18)7-19-14/h2-9,21H,1H3. The number of nitro benzene ring substituents is 1. The second-order valence-electron chi connectivity index (χ2n) is 5.68. The maximum Gasteiger partial charge on any atom is 0.270 e. The van der Waals surface area contributed by atoms with Gasteiger partial charge < -0.3 is 9.55 Å². The summed E-state index contributed by atoms with van der Waals surface area (Å²) < 4.78 is 1.80. The molecule has 1 aromatic carbocycles. The summed E-state index contributed by atoms with van der Waals surface area (Å²) in [5, 5.41) is 12.6. The number of non-ortho nitro benzene ring substituents is 1. The lowest BCUT2D eigenvalue weighted by Gasteiger charge is -2.01. The molecule has 0 aliphatic rings. The highest BCUT2D eigenvalue weighted by atomic mass is 35.5. The molecule has 7 nitrogen and oxygen atoms in total. The summed E-state index contributed by atoms with van der Waals surface area (Å²) in [5.41, 5.74) is 3.58. The van der Waals surface area contributed by atoms with Crippen LogP contribution >= 0.6 is 11.6 Å². The van der Waals surface area contributed by atoms with Crippen molar-refractivity contribution >= 4 is 28.2 Å². The molecular weight excluding hydrogens is 342 g/mol. The van der Waals surface area contributed by atoms with Crippen molar-refractivity contribution < 1.29 is 4.92 Å². The first-order chi connectivity index (χ1) is 12.0. The number of H-pyrrole nitrogens is 1. The second-order valence-corrected chi connectivity index (χ2v) is 6.12. The van der Waals surface area contributed by atoms with E-state index in [1.54, 1.807) is 29.2 Å². The van der Waals surface area contributed by atoms with E-state index in [0.29, 0.717) is 22.0 Å². The Morgan fingerprint density at radius 1 is 1.20 bits per heavy atom. The molecule has 0 atom stereocenters. The third-order valence-corrected chi connectivity index (χ3v) is 4.13. The van der Waals surface area contributed by atoms with Gasteiger partial charge in [-0.1, -0.05) is 11.6 Å². The van der Waals surface area contributed by atoms with Crippen molar-refractivity contribution in [2.24, 2.45) is 7.05 Å². The number of aromatic amines is 1. The molecule has 8 heteroatoms. The van der Waals surface area contributed by atoms with E-state index in [2.05, 4.69) is 15.0 Å². The molecule has 3 heterocycles. The number of pyridine rings is 1. The van der Waals surface area contributed by atoms with Gasteiger partial charge in [-0.3, -0.25) is 15.1 Å². The first-order valence-electron chi connectivity index (χ1n) is 7.43. The van der Waals surface area contributed by atoms with Crippen LogP contribution in [-0.4, -0.2) is 24.4 Å². The van der Waals surface area contributed by atoms with Crippen LogP contribution in [-0.2, 0) is 7.05 Å². The van der Waals surface area contributed by atoms with Gasteiger partial charge in [0.15, 0.2) is 0 Å². The summed E-state index contributed by atoms with van der Waals surface area (Å²) in [5.74, 6) is 0. The number of imidazole rings is 1. The number of nitro groups is 1. The van der Waals surface area contributed by atoms with Gasteiger partial charge in [-0.15, -0.1) is 0 Å². The number of fused-ring (bicyclic) bond motifs is 1. The molecule has 124 valence electrons. The number of aryl methyl sites for hydroxylation is 1. The lowest BCUT2D eigenvalue weighted by Crippen LogP contribution is -1.90. The Bertz CT molecular complexity index is 1100. The van der Waals surface area contributed by atoms with Crippen molar-refractivity contribution in [3.8, 4) is 22.6 Å². The molecule has 0 fully saturated rings. The van der Waals surface area contributed by atoms with Crippen LogP contribution in [0.4, 0.5) is 5.69 Å². The summed E-state index contributed by atoms with van der Waals surface area (Å²) >= 11 is 5.88. The van der Waals surface area contributed by atoms with Gasteiger partial charge >= 0.3 is 0 Å². The van der Waals surface area contributed by atoms with Crippen LogP contribution in [0.5, 0.6) is 0 Å². The monoisotopic (exact) mass is 353 g/mol. The van der Waals surface area contributed by atoms with Crippen LogP contribution in [0, 0.1) is 10.1 Å². The highest BCUT2D eigenvalue weighted by Crippen LogP contribution is 2.34. The summed E-state index contributed by atoms with van der Waals surface area (Å²) in [6.07, 6.45) is 5.04. The molecule has 0 bridgehead atoms. The second kappa shape index (κ2) is 5.71. The minimum Gasteiger partial charge on any atom is -0.353 e. The lowest BCUT2D eigenvalue weighted by molar-refractivity contribution is -0.384. The Morgan fingerprint density at radius 3 is 2.68 bits per heavy atom. The number of halogens is 1. The topological polar surface area (TPSA) is 89.6 Å². The fraction of sp³-hybridized carbons (Fsp3) is 0.0588. The number of aromatic nitrogens is 4. The number of benzene rings is 1. The smallest absolute Gasteiger partial charge is 0.270 e. The Hall–Kier alpha value is -3.19. The van der Waals surface area contributed by atoms with Crippen molar-refractivity contribution in [3.63, 3.8) is 0 Å². The Morgan fingerprint density at radius 2 is 2.04 bits per heavy atom. The van der Waals surface area contributed by atoms with Crippen LogP contribution in [0.2, 0.25) is 5.02 Å². The molecule has 0 amide bonds. The van der Waals surface area contributed by atoms with Crippen molar-refractivity contribution in [2.75, 3.05) is 0 Å². The van der Waals surface area contributed by atoms with Crippen LogP contribution in [0.3, 0.4) is 0 Å². The third-order valence-electron chi connectivity index (χ3n) is 3.91. The van der Waals surface area contributed by atoms with E-state index in [9.17, 15) is 10.1 Å². The normalized spacial score (nSPS) is 11.1.